The Labute approximate surface area is 161 Å². The number of benzene rings is 2. The lowest BCUT2D eigenvalue weighted by Gasteiger charge is -2.33. The number of hydrogen-bond donors (Lipinski definition) is 1. The summed E-state index contributed by atoms with van der Waals surface area (Å²) >= 11 is 0. The van der Waals surface area contributed by atoms with E-state index in [0.29, 0.717) is 32.5 Å². The van der Waals surface area contributed by atoms with Crippen molar-refractivity contribution in [3.8, 4) is 0 Å². The number of anilines is 2. The van der Waals surface area contributed by atoms with Crippen LogP contribution >= 0.6 is 0 Å². The van der Waals surface area contributed by atoms with E-state index in [9.17, 15) is 9.59 Å². The Hall–Kier alpha value is -2.82. The maximum atomic E-state index is 12.7. The van der Waals surface area contributed by atoms with E-state index < -0.39 is 0 Å². The van der Waals surface area contributed by atoms with E-state index in [1.807, 2.05) is 65.6 Å². The van der Waals surface area contributed by atoms with E-state index in [0.717, 1.165) is 17.9 Å². The van der Waals surface area contributed by atoms with Gasteiger partial charge in [-0.2, -0.15) is 0 Å². The first-order valence-corrected chi connectivity index (χ1v) is 9.61. The predicted octanol–water partition coefficient (Wildman–Crippen LogP) is 3.39. The van der Waals surface area contributed by atoms with Crippen LogP contribution in [-0.2, 0) is 9.59 Å². The Kier molecular flexibility index (Phi) is 6.47. The Morgan fingerprint density at radius 2 is 1.59 bits per heavy atom. The van der Waals surface area contributed by atoms with Gasteiger partial charge in [-0.1, -0.05) is 36.4 Å². The highest BCUT2D eigenvalue weighted by atomic mass is 16.2. The topological polar surface area (TPSA) is 52.7 Å². The second-order valence-electron chi connectivity index (χ2n) is 6.86. The second kappa shape index (κ2) is 9.21. The first kappa shape index (κ1) is 19.0. The average molecular weight is 365 g/mol. The summed E-state index contributed by atoms with van der Waals surface area (Å²) in [5.41, 5.74) is 1.88. The molecule has 5 heteroatoms. The molecule has 0 aliphatic carbocycles. The van der Waals surface area contributed by atoms with Crippen LogP contribution in [-0.4, -0.2) is 42.9 Å². The molecule has 1 heterocycles. The number of nitrogens with one attached hydrogen (secondary N) is 1. The molecule has 27 heavy (non-hydrogen) atoms. The summed E-state index contributed by atoms with van der Waals surface area (Å²) < 4.78 is 0. The molecular formula is C22H27N3O2. The quantitative estimate of drug-likeness (QED) is 0.854. The summed E-state index contributed by atoms with van der Waals surface area (Å²) in [6.07, 6.45) is 1.42. The zero-order chi connectivity index (χ0) is 19.1. The first-order valence-electron chi connectivity index (χ1n) is 9.61. The summed E-state index contributed by atoms with van der Waals surface area (Å²) in [4.78, 5) is 29.1. The van der Waals surface area contributed by atoms with Crippen LogP contribution < -0.4 is 10.2 Å². The number of carbonyl (C=O) groups excluding carboxylic acids is 2. The third-order valence-electron chi connectivity index (χ3n) is 5.09. The maximum absolute atomic E-state index is 12.7. The normalized spacial score (nSPS) is 14.6. The predicted molar refractivity (Wildman–Crippen MR) is 109 cm³/mol. The number of carbonyl (C=O) groups is 2. The van der Waals surface area contributed by atoms with E-state index in [1.165, 1.54) is 0 Å². The van der Waals surface area contributed by atoms with Crippen LogP contribution in [0.4, 0.5) is 11.4 Å². The SMILES string of the molecule is CCN(CC(=O)N1CCC(C(=O)Nc2ccccc2)CC1)c1ccccc1. The fraction of sp³-hybridized carbons (Fsp3) is 0.364. The van der Waals surface area contributed by atoms with Crippen molar-refractivity contribution in [2.24, 2.45) is 5.92 Å². The van der Waals surface area contributed by atoms with Gasteiger partial charge >= 0.3 is 0 Å². The second-order valence-corrected chi connectivity index (χ2v) is 6.86. The summed E-state index contributed by atoms with van der Waals surface area (Å²) in [7, 11) is 0. The van der Waals surface area contributed by atoms with Crippen LogP contribution in [0, 0.1) is 5.92 Å². The highest BCUT2D eigenvalue weighted by Gasteiger charge is 2.28. The Bertz CT molecular complexity index is 741. The summed E-state index contributed by atoms with van der Waals surface area (Å²) in [5.74, 6) is 0.140. The molecule has 142 valence electrons. The molecule has 2 aromatic carbocycles. The van der Waals surface area contributed by atoms with E-state index in [4.69, 9.17) is 0 Å². The van der Waals surface area contributed by atoms with Gasteiger partial charge in [0.2, 0.25) is 11.8 Å². The van der Waals surface area contributed by atoms with Gasteiger partial charge in [-0.3, -0.25) is 9.59 Å². The Morgan fingerprint density at radius 3 is 2.19 bits per heavy atom. The number of likely N-dealkylation sites (N-methyl/N-ethyl adjacent to an activating group) is 1. The molecule has 2 aromatic rings. The van der Waals surface area contributed by atoms with Crippen LogP contribution in [0.1, 0.15) is 19.8 Å². The van der Waals surface area contributed by atoms with Crippen molar-refractivity contribution in [2.75, 3.05) is 36.4 Å². The fourth-order valence-electron chi connectivity index (χ4n) is 3.44. The van der Waals surface area contributed by atoms with Gasteiger partial charge in [-0.15, -0.1) is 0 Å². The maximum Gasteiger partial charge on any atom is 0.242 e. The monoisotopic (exact) mass is 365 g/mol. The van der Waals surface area contributed by atoms with Crippen LogP contribution in [0.15, 0.2) is 60.7 Å². The van der Waals surface area contributed by atoms with Crippen molar-refractivity contribution in [3.63, 3.8) is 0 Å². The molecular weight excluding hydrogens is 338 g/mol. The molecule has 0 unspecified atom stereocenters. The van der Waals surface area contributed by atoms with Crippen molar-refractivity contribution >= 4 is 23.2 Å². The number of nitrogens with zero attached hydrogens (tertiary/aromatic N) is 2. The van der Waals surface area contributed by atoms with Gasteiger partial charge in [-0.05, 0) is 44.0 Å². The molecule has 0 spiro atoms. The summed E-state index contributed by atoms with van der Waals surface area (Å²) in [6, 6.07) is 19.5. The summed E-state index contributed by atoms with van der Waals surface area (Å²) in [5, 5.41) is 2.97. The standard InChI is InChI=1S/C22H27N3O2/c1-2-24(20-11-7-4-8-12-20)17-21(26)25-15-13-18(14-16-25)22(27)23-19-9-5-3-6-10-19/h3-12,18H,2,13-17H2,1H3,(H,23,27). The van der Waals surface area contributed by atoms with Gasteiger partial charge in [0, 0.05) is 36.9 Å². The molecule has 0 aromatic heterocycles. The number of para-hydroxylation sites is 2. The zero-order valence-electron chi connectivity index (χ0n) is 15.8. The van der Waals surface area contributed by atoms with Gasteiger partial charge < -0.3 is 15.1 Å². The lowest BCUT2D eigenvalue weighted by molar-refractivity contribution is -0.133. The molecule has 1 fully saturated rings. The van der Waals surface area contributed by atoms with Gasteiger partial charge in [0.05, 0.1) is 6.54 Å². The van der Waals surface area contributed by atoms with Crippen molar-refractivity contribution in [3.05, 3.63) is 60.7 Å². The minimum absolute atomic E-state index is 0.0364. The number of hydrogen-bond acceptors (Lipinski definition) is 3. The minimum atomic E-state index is -0.0364. The average Bonchev–Trinajstić information content (AvgIpc) is 2.73. The molecule has 0 radical (unpaired) electrons. The lowest BCUT2D eigenvalue weighted by Crippen LogP contribution is -2.45. The fourth-order valence-corrected chi connectivity index (χ4v) is 3.44. The zero-order valence-corrected chi connectivity index (χ0v) is 15.8. The van der Waals surface area contributed by atoms with Crippen molar-refractivity contribution < 1.29 is 9.59 Å². The van der Waals surface area contributed by atoms with Crippen LogP contribution in [0.2, 0.25) is 0 Å². The van der Waals surface area contributed by atoms with Crippen LogP contribution in [0.25, 0.3) is 0 Å². The van der Waals surface area contributed by atoms with E-state index in [-0.39, 0.29) is 17.7 Å². The molecule has 2 amide bonds. The van der Waals surface area contributed by atoms with Gasteiger partial charge in [0.25, 0.3) is 0 Å². The van der Waals surface area contributed by atoms with Gasteiger partial charge in [0.15, 0.2) is 0 Å². The molecule has 0 atom stereocenters. The molecule has 3 rings (SSSR count). The molecule has 5 nitrogen and oxygen atoms in total. The number of piperidine rings is 1. The van der Waals surface area contributed by atoms with Crippen molar-refractivity contribution in [2.45, 2.75) is 19.8 Å². The first-order chi connectivity index (χ1) is 13.2. The molecule has 1 N–H and O–H groups in total. The molecule has 1 aliphatic rings. The van der Waals surface area contributed by atoms with E-state index in [2.05, 4.69) is 17.1 Å². The third-order valence-corrected chi connectivity index (χ3v) is 5.09. The van der Waals surface area contributed by atoms with Crippen molar-refractivity contribution in [1.82, 2.24) is 4.90 Å². The van der Waals surface area contributed by atoms with Gasteiger partial charge in [-0.25, -0.2) is 0 Å². The summed E-state index contributed by atoms with van der Waals surface area (Å²) in [6.45, 7) is 4.49. The molecule has 1 saturated heterocycles. The van der Waals surface area contributed by atoms with E-state index >= 15 is 0 Å². The van der Waals surface area contributed by atoms with Crippen molar-refractivity contribution in [1.29, 1.82) is 0 Å². The highest BCUT2D eigenvalue weighted by Crippen LogP contribution is 2.20. The number of rotatable bonds is 6. The minimum Gasteiger partial charge on any atom is -0.362 e. The number of likely N-dealkylation sites (tertiary alicyclic amines) is 1. The molecule has 0 saturated carbocycles. The molecule has 0 bridgehead atoms. The van der Waals surface area contributed by atoms with Crippen LogP contribution in [0.5, 0.6) is 0 Å². The third kappa shape index (κ3) is 5.09. The smallest absolute Gasteiger partial charge is 0.242 e. The van der Waals surface area contributed by atoms with Gasteiger partial charge in [0.1, 0.15) is 0 Å². The Morgan fingerprint density at radius 1 is 1.00 bits per heavy atom. The number of amides is 2. The largest absolute Gasteiger partial charge is 0.362 e. The molecule has 1 aliphatic heterocycles. The lowest BCUT2D eigenvalue weighted by atomic mass is 9.95. The highest BCUT2D eigenvalue weighted by molar-refractivity contribution is 5.92. The van der Waals surface area contributed by atoms with E-state index in [1.54, 1.807) is 0 Å². The Balaban J connectivity index is 1.49. The van der Waals surface area contributed by atoms with Crippen LogP contribution in [0.3, 0.4) is 0 Å².